The number of aryl methyl sites for hydroxylation is 2. The van der Waals surface area contributed by atoms with E-state index in [0.717, 1.165) is 29.8 Å². The zero-order valence-corrected chi connectivity index (χ0v) is 32.2. The number of nitrogens with zero attached hydrogens (tertiary/aromatic N) is 8. The summed E-state index contributed by atoms with van der Waals surface area (Å²) < 4.78 is 24.7. The van der Waals surface area contributed by atoms with E-state index in [0.29, 0.717) is 104 Å². The Balaban J connectivity index is 0.000000186. The van der Waals surface area contributed by atoms with Crippen LogP contribution in [0.15, 0.2) is 40.1 Å². The fourth-order valence-electron chi connectivity index (χ4n) is 7.65. The number of piperidine rings is 3. The Morgan fingerprint density at radius 1 is 0.792 bits per heavy atom. The molecule has 17 heteroatoms. The van der Waals surface area contributed by atoms with Gasteiger partial charge in [0.15, 0.2) is 0 Å². The van der Waals surface area contributed by atoms with E-state index in [-0.39, 0.29) is 29.2 Å². The summed E-state index contributed by atoms with van der Waals surface area (Å²) in [7, 11) is 1.42. The van der Waals surface area contributed by atoms with Gasteiger partial charge in [-0.25, -0.2) is 9.97 Å². The Kier molecular flexibility index (Phi) is 11.0. The van der Waals surface area contributed by atoms with Gasteiger partial charge in [0.25, 0.3) is 0 Å². The highest BCUT2D eigenvalue weighted by atomic mass is 35.5. The number of likely N-dealkylation sites (tertiary alicyclic amines) is 2. The second-order valence-corrected chi connectivity index (χ2v) is 17.6. The van der Waals surface area contributed by atoms with E-state index in [2.05, 4.69) is 31.6 Å². The Bertz CT molecular complexity index is 1990. The van der Waals surface area contributed by atoms with E-state index in [1.165, 1.54) is 0 Å². The molecule has 0 aliphatic carbocycles. The monoisotopic (exact) mass is 778 g/mol. The fraction of sp³-hybridized carbons (Fsp3) is 0.528. The minimum absolute atomic E-state index is 0.0721. The number of likely N-dealkylation sites (N-methyl/N-ethyl adjacent to an activating group) is 2. The quantitative estimate of drug-likeness (QED) is 0.351. The lowest BCUT2D eigenvalue weighted by molar-refractivity contribution is -0.132. The van der Waals surface area contributed by atoms with E-state index in [1.807, 2.05) is 37.4 Å². The summed E-state index contributed by atoms with van der Waals surface area (Å²) in [5, 5.41) is 16.9. The molecule has 3 fully saturated rings. The zero-order chi connectivity index (χ0) is 37.3. The maximum Gasteiger partial charge on any atom is 0.227 e. The summed E-state index contributed by atoms with van der Waals surface area (Å²) in [5.41, 5.74) is 2.19. The Hall–Kier alpha value is -4.20. The normalized spacial score (nSPS) is 24.8. The molecule has 7 heterocycles. The van der Waals surface area contributed by atoms with Crippen molar-refractivity contribution >= 4 is 62.6 Å². The van der Waals surface area contributed by atoms with Crippen LogP contribution in [0.2, 0.25) is 5.28 Å². The SMILES string of the molecule is CN1C[C@@H](Nc2nc(Cl)nc3c2S(=O)CC3)CCC1=O.CN1C[C@@H](Nc2nc(N3CCC(C#N)(c4ccccc4)CC3)nc3c2S(=O)CC3)CCC1=O. The van der Waals surface area contributed by atoms with Crippen LogP contribution < -0.4 is 15.5 Å². The number of anilines is 3. The smallest absolute Gasteiger partial charge is 0.227 e. The molecule has 2 amide bonds. The molecule has 8 rings (SSSR count). The molecule has 0 bridgehead atoms. The van der Waals surface area contributed by atoms with E-state index < -0.39 is 27.0 Å². The number of carbonyl (C=O) groups is 2. The Labute approximate surface area is 319 Å². The van der Waals surface area contributed by atoms with Crippen LogP contribution in [0.3, 0.4) is 0 Å². The standard InChI is InChI=1S/C24H28N6O2S.C12H15ClN4O2S/c1-29-15-18(7-8-20(29)31)26-22-21-19(9-14-33(21)32)27-23(28-22)30-12-10-24(16-25,11-13-30)17-5-3-2-4-6-17;1-17-6-7(2-3-9(17)18)14-11-10-8(4-5-20(10)19)15-12(13)16-11/h2-6,18H,7-15H2,1H3,(H,26,27,28);7H,2-6H2,1H3,(H,14,15,16)/t18-,33?;7-,20?/m00/s1. The van der Waals surface area contributed by atoms with Crippen LogP contribution >= 0.6 is 11.6 Å². The first kappa shape index (κ1) is 37.1. The molecule has 0 radical (unpaired) electrons. The summed E-state index contributed by atoms with van der Waals surface area (Å²) >= 11 is 5.92. The van der Waals surface area contributed by atoms with Crippen molar-refractivity contribution in [3.8, 4) is 6.07 Å². The molecule has 0 spiro atoms. The zero-order valence-electron chi connectivity index (χ0n) is 29.8. The van der Waals surface area contributed by atoms with Gasteiger partial charge in [0.2, 0.25) is 23.0 Å². The number of hydrogen-bond donors (Lipinski definition) is 2. The van der Waals surface area contributed by atoms with Gasteiger partial charge < -0.3 is 25.3 Å². The van der Waals surface area contributed by atoms with E-state index in [9.17, 15) is 23.3 Å². The molecule has 1 aromatic carbocycles. The van der Waals surface area contributed by atoms with Gasteiger partial charge in [-0.3, -0.25) is 18.0 Å². The largest absolute Gasteiger partial charge is 0.364 e. The van der Waals surface area contributed by atoms with Crippen LogP contribution in [0.4, 0.5) is 17.6 Å². The van der Waals surface area contributed by atoms with Crippen molar-refractivity contribution in [1.82, 2.24) is 29.7 Å². The molecule has 2 aromatic heterocycles. The molecule has 2 N–H and O–H groups in total. The first-order valence-corrected chi connectivity index (χ1v) is 21.0. The lowest BCUT2D eigenvalue weighted by atomic mass is 9.74. The van der Waals surface area contributed by atoms with Crippen molar-refractivity contribution < 1.29 is 18.0 Å². The van der Waals surface area contributed by atoms with Gasteiger partial charge in [-0.1, -0.05) is 30.3 Å². The van der Waals surface area contributed by atoms with Crippen LogP contribution in [-0.4, -0.2) is 114 Å². The third-order valence-corrected chi connectivity index (χ3v) is 13.8. The maximum atomic E-state index is 12.7. The number of nitrogens with one attached hydrogen (secondary N) is 2. The molecular formula is C36H43ClN10O4S2. The number of carbonyl (C=O) groups excluding carboxylic acids is 2. The van der Waals surface area contributed by atoms with Crippen LogP contribution in [0.5, 0.6) is 0 Å². The minimum atomic E-state index is -1.11. The molecule has 2 unspecified atom stereocenters. The van der Waals surface area contributed by atoms with Gasteiger partial charge in [-0.15, -0.1) is 0 Å². The summed E-state index contributed by atoms with van der Waals surface area (Å²) in [6.07, 6.45) is 5.24. The van der Waals surface area contributed by atoms with Crippen LogP contribution in [0, 0.1) is 11.3 Å². The second kappa shape index (κ2) is 15.6. The number of fused-ring (bicyclic) bond motifs is 2. The topological polar surface area (TPSA) is 177 Å². The number of rotatable bonds is 6. The van der Waals surface area contributed by atoms with Gasteiger partial charge in [-0.2, -0.15) is 15.2 Å². The molecule has 280 valence electrons. The van der Waals surface area contributed by atoms with Gasteiger partial charge >= 0.3 is 0 Å². The predicted molar refractivity (Wildman–Crippen MR) is 203 cm³/mol. The first-order valence-electron chi connectivity index (χ1n) is 18.0. The third kappa shape index (κ3) is 7.88. The summed E-state index contributed by atoms with van der Waals surface area (Å²) in [6.45, 7) is 2.59. The molecule has 53 heavy (non-hydrogen) atoms. The Morgan fingerprint density at radius 2 is 1.32 bits per heavy atom. The molecule has 5 aliphatic rings. The number of halogens is 1. The van der Waals surface area contributed by atoms with Crippen LogP contribution in [-0.2, 0) is 49.4 Å². The minimum Gasteiger partial charge on any atom is -0.364 e. The summed E-state index contributed by atoms with van der Waals surface area (Å²) in [4.78, 5) is 48.2. The van der Waals surface area contributed by atoms with Gasteiger partial charge in [-0.05, 0) is 42.8 Å². The van der Waals surface area contributed by atoms with E-state index in [1.54, 1.807) is 16.8 Å². The number of benzene rings is 1. The number of amides is 2. The summed E-state index contributed by atoms with van der Waals surface area (Å²) in [6, 6.07) is 12.8. The first-order chi connectivity index (χ1) is 25.5. The lowest BCUT2D eigenvalue weighted by Crippen LogP contribution is -2.44. The molecule has 5 aliphatic heterocycles. The predicted octanol–water partition coefficient (Wildman–Crippen LogP) is 3.06. The van der Waals surface area contributed by atoms with Crippen molar-refractivity contribution in [2.45, 2.75) is 78.7 Å². The van der Waals surface area contributed by atoms with E-state index >= 15 is 0 Å². The lowest BCUT2D eigenvalue weighted by Gasteiger charge is -2.38. The number of nitriles is 1. The third-order valence-electron chi connectivity index (χ3n) is 10.7. The van der Waals surface area contributed by atoms with Crippen LogP contribution in [0.1, 0.15) is 55.5 Å². The maximum absolute atomic E-state index is 12.7. The van der Waals surface area contributed by atoms with Gasteiger partial charge in [0.05, 0.1) is 44.5 Å². The highest BCUT2D eigenvalue weighted by molar-refractivity contribution is 7.85. The Morgan fingerprint density at radius 3 is 1.85 bits per heavy atom. The van der Waals surface area contributed by atoms with Crippen molar-refractivity contribution in [2.75, 3.05) is 67.3 Å². The van der Waals surface area contributed by atoms with Crippen molar-refractivity contribution in [3.05, 3.63) is 52.6 Å². The van der Waals surface area contributed by atoms with E-state index in [4.69, 9.17) is 21.6 Å². The molecule has 3 saturated heterocycles. The molecule has 4 atom stereocenters. The molecular weight excluding hydrogens is 736 g/mol. The van der Waals surface area contributed by atoms with Gasteiger partial charge in [0.1, 0.15) is 21.4 Å². The van der Waals surface area contributed by atoms with Crippen molar-refractivity contribution in [3.63, 3.8) is 0 Å². The van der Waals surface area contributed by atoms with Gasteiger partial charge in [0, 0.05) is 89.5 Å². The van der Waals surface area contributed by atoms with Crippen LogP contribution in [0.25, 0.3) is 0 Å². The second-order valence-electron chi connectivity index (χ2n) is 14.2. The van der Waals surface area contributed by atoms with Crippen molar-refractivity contribution in [1.29, 1.82) is 5.26 Å². The molecule has 0 saturated carbocycles. The average Bonchev–Trinajstić information content (AvgIpc) is 3.73. The summed E-state index contributed by atoms with van der Waals surface area (Å²) in [5.74, 6) is 3.27. The number of aromatic nitrogens is 4. The number of hydrogen-bond acceptors (Lipinski definition) is 12. The molecule has 14 nitrogen and oxygen atoms in total. The average molecular weight is 779 g/mol. The highest BCUT2D eigenvalue weighted by Gasteiger charge is 2.38. The fourth-order valence-corrected chi connectivity index (χ4v) is 10.5. The van der Waals surface area contributed by atoms with Crippen molar-refractivity contribution in [2.24, 2.45) is 0 Å². The highest BCUT2D eigenvalue weighted by Crippen LogP contribution is 2.37. The molecule has 3 aromatic rings.